The average Bonchev–Trinajstić information content (AvgIpc) is 3.28. The Morgan fingerprint density at radius 2 is 2.03 bits per heavy atom. The first-order valence-corrected chi connectivity index (χ1v) is 11.5. The van der Waals surface area contributed by atoms with Gasteiger partial charge < -0.3 is 9.47 Å². The Morgan fingerprint density at radius 1 is 1.32 bits per heavy atom. The van der Waals surface area contributed by atoms with Crippen molar-refractivity contribution in [1.82, 2.24) is 9.13 Å². The first-order chi connectivity index (χ1) is 15.9. The summed E-state index contributed by atoms with van der Waals surface area (Å²) in [6.45, 7) is 3.02. The lowest BCUT2D eigenvalue weighted by molar-refractivity contribution is -0.145. The van der Waals surface area contributed by atoms with Gasteiger partial charge in [0.25, 0.3) is 5.56 Å². The van der Waals surface area contributed by atoms with Crippen LogP contribution in [0.2, 0.25) is 5.02 Å². The van der Waals surface area contributed by atoms with Crippen LogP contribution in [0.25, 0.3) is 5.69 Å². The lowest BCUT2D eigenvalue weighted by atomic mass is 10.1. The molecule has 7 nitrogen and oxygen atoms in total. The third-order valence-corrected chi connectivity index (χ3v) is 7.07. The van der Waals surface area contributed by atoms with E-state index in [1.807, 2.05) is 0 Å². The summed E-state index contributed by atoms with van der Waals surface area (Å²) in [6.07, 6.45) is -3.85. The van der Waals surface area contributed by atoms with Crippen LogP contribution in [-0.2, 0) is 27.5 Å². The van der Waals surface area contributed by atoms with Crippen molar-refractivity contribution < 1.29 is 31.8 Å². The molecule has 1 fully saturated rings. The summed E-state index contributed by atoms with van der Waals surface area (Å²) in [5.74, 6) is -1.51. The number of aromatic nitrogens is 2. The molecule has 34 heavy (non-hydrogen) atoms. The number of carbonyl (C=O) groups excluding carboxylic acids is 1. The van der Waals surface area contributed by atoms with Gasteiger partial charge in [-0.05, 0) is 25.0 Å². The number of hydrogen-bond acceptors (Lipinski definition) is 6. The van der Waals surface area contributed by atoms with Gasteiger partial charge in [0.1, 0.15) is 16.8 Å². The molecule has 13 heteroatoms. The predicted octanol–water partition coefficient (Wildman–Crippen LogP) is 3.80. The lowest BCUT2D eigenvalue weighted by Gasteiger charge is -2.18. The highest BCUT2D eigenvalue weighted by atomic mass is 35.5. The van der Waals surface area contributed by atoms with Gasteiger partial charge >= 0.3 is 17.8 Å². The number of halogens is 5. The minimum absolute atomic E-state index is 0.0986. The van der Waals surface area contributed by atoms with Crippen molar-refractivity contribution in [2.75, 3.05) is 19.8 Å². The van der Waals surface area contributed by atoms with Crippen LogP contribution in [0.15, 0.2) is 32.7 Å². The Labute approximate surface area is 200 Å². The van der Waals surface area contributed by atoms with Crippen molar-refractivity contribution in [2.45, 2.75) is 36.1 Å². The molecule has 2 aromatic rings. The second kappa shape index (κ2) is 10.5. The number of ether oxygens (including phenoxy) is 2. The molecule has 0 bridgehead atoms. The molecule has 1 aliphatic heterocycles. The fourth-order valence-electron chi connectivity index (χ4n) is 3.36. The highest BCUT2D eigenvalue weighted by Crippen LogP contribution is 2.35. The largest absolute Gasteiger partial charge is 0.464 e. The Balaban J connectivity index is 1.94. The van der Waals surface area contributed by atoms with Gasteiger partial charge in [-0.15, -0.1) is 11.8 Å². The van der Waals surface area contributed by atoms with Crippen LogP contribution in [0, 0.1) is 11.7 Å². The first kappa shape index (κ1) is 26.3. The number of hydrogen-bond donors (Lipinski definition) is 0. The van der Waals surface area contributed by atoms with Gasteiger partial charge in [-0.3, -0.25) is 14.2 Å². The number of thioether (sulfide) groups is 1. The molecule has 0 aliphatic carbocycles. The molecule has 3 rings (SSSR count). The maximum Gasteiger partial charge on any atom is 0.431 e. The van der Waals surface area contributed by atoms with Crippen LogP contribution < -0.4 is 11.2 Å². The van der Waals surface area contributed by atoms with Crippen LogP contribution in [0.4, 0.5) is 17.6 Å². The number of benzene rings is 1. The SMILES string of the molecule is CCC(Sc1cc(-n2c(=O)cc(C(F)(F)F)n(C)c2=O)c(F)cc1Cl)C(=O)OCC1CCOC1. The number of esters is 1. The summed E-state index contributed by atoms with van der Waals surface area (Å²) < 4.78 is 65.1. The van der Waals surface area contributed by atoms with Gasteiger partial charge in [0.2, 0.25) is 0 Å². The van der Waals surface area contributed by atoms with Crippen LogP contribution in [-0.4, -0.2) is 40.2 Å². The molecule has 1 aliphatic rings. The molecular weight excluding hydrogens is 504 g/mol. The fourth-order valence-corrected chi connectivity index (χ4v) is 4.63. The molecule has 0 radical (unpaired) electrons. The predicted molar refractivity (Wildman–Crippen MR) is 117 cm³/mol. The van der Waals surface area contributed by atoms with Crippen LogP contribution in [0.5, 0.6) is 0 Å². The fraction of sp³-hybridized carbons (Fsp3) is 0.476. The zero-order valence-corrected chi connectivity index (χ0v) is 19.7. The van der Waals surface area contributed by atoms with E-state index in [1.54, 1.807) is 6.92 Å². The molecule has 186 valence electrons. The van der Waals surface area contributed by atoms with Gasteiger partial charge in [0, 0.05) is 30.5 Å². The van der Waals surface area contributed by atoms with Crippen molar-refractivity contribution in [3.05, 3.63) is 55.6 Å². The average molecular weight is 525 g/mol. The zero-order chi connectivity index (χ0) is 25.2. The van der Waals surface area contributed by atoms with Gasteiger partial charge in [-0.25, -0.2) is 13.8 Å². The van der Waals surface area contributed by atoms with E-state index in [0.717, 1.165) is 37.4 Å². The quantitative estimate of drug-likeness (QED) is 0.311. The van der Waals surface area contributed by atoms with E-state index in [9.17, 15) is 31.9 Å². The van der Waals surface area contributed by atoms with Gasteiger partial charge in [-0.1, -0.05) is 18.5 Å². The van der Waals surface area contributed by atoms with Gasteiger partial charge in [0.15, 0.2) is 0 Å². The number of carbonyl (C=O) groups is 1. The third kappa shape index (κ3) is 5.66. The Hall–Kier alpha value is -2.31. The summed E-state index contributed by atoms with van der Waals surface area (Å²) in [7, 11) is 0.823. The number of alkyl halides is 3. The second-order valence-corrected chi connectivity index (χ2v) is 9.30. The smallest absolute Gasteiger partial charge is 0.431 e. The third-order valence-electron chi connectivity index (χ3n) is 5.24. The molecule has 2 heterocycles. The van der Waals surface area contributed by atoms with E-state index in [-0.39, 0.29) is 37.6 Å². The molecular formula is C21H21ClF4N2O5S. The van der Waals surface area contributed by atoms with E-state index < -0.39 is 45.8 Å². The van der Waals surface area contributed by atoms with E-state index in [1.165, 1.54) is 0 Å². The van der Waals surface area contributed by atoms with Crippen molar-refractivity contribution in [1.29, 1.82) is 0 Å². The minimum atomic E-state index is -4.95. The Kier molecular flexibility index (Phi) is 8.14. The topological polar surface area (TPSA) is 79.5 Å². The highest BCUT2D eigenvalue weighted by Gasteiger charge is 2.35. The second-order valence-electron chi connectivity index (χ2n) is 7.65. The lowest BCUT2D eigenvalue weighted by Crippen LogP contribution is -2.41. The van der Waals surface area contributed by atoms with Crippen LogP contribution in [0.1, 0.15) is 25.5 Å². The van der Waals surface area contributed by atoms with Gasteiger partial charge in [-0.2, -0.15) is 13.2 Å². The van der Waals surface area contributed by atoms with E-state index in [2.05, 4.69) is 0 Å². The molecule has 0 amide bonds. The van der Waals surface area contributed by atoms with Crippen molar-refractivity contribution >= 4 is 29.3 Å². The molecule has 2 unspecified atom stereocenters. The molecule has 0 N–H and O–H groups in total. The number of rotatable bonds is 7. The Morgan fingerprint density at radius 3 is 2.62 bits per heavy atom. The van der Waals surface area contributed by atoms with Crippen molar-refractivity contribution in [3.63, 3.8) is 0 Å². The molecule has 1 saturated heterocycles. The summed E-state index contributed by atoms with van der Waals surface area (Å²) in [5.41, 5.74) is -4.80. The monoisotopic (exact) mass is 524 g/mol. The Bertz CT molecular complexity index is 1190. The van der Waals surface area contributed by atoms with Crippen molar-refractivity contribution in [2.24, 2.45) is 13.0 Å². The maximum atomic E-state index is 14.7. The molecule has 0 spiro atoms. The molecule has 0 saturated carbocycles. The summed E-state index contributed by atoms with van der Waals surface area (Å²) in [4.78, 5) is 37.6. The highest BCUT2D eigenvalue weighted by molar-refractivity contribution is 8.00. The first-order valence-electron chi connectivity index (χ1n) is 10.2. The molecule has 1 aromatic heterocycles. The summed E-state index contributed by atoms with van der Waals surface area (Å²) in [5, 5.41) is -0.830. The van der Waals surface area contributed by atoms with E-state index >= 15 is 0 Å². The van der Waals surface area contributed by atoms with Crippen molar-refractivity contribution in [3.8, 4) is 5.69 Å². The molecule has 1 aromatic carbocycles. The standard InChI is InChI=1S/C21H21ClF4N2O5S/c1-3-15(19(30)33-10-11-4-5-32-9-11)34-16-7-14(13(23)6-12(16)22)28-18(29)8-17(21(24,25)26)27(2)20(28)31/h6-8,11,15H,3-5,9-10H2,1-2H3. The molecule has 2 atom stereocenters. The van der Waals surface area contributed by atoms with Crippen LogP contribution >= 0.6 is 23.4 Å². The summed E-state index contributed by atoms with van der Waals surface area (Å²) >= 11 is 7.06. The minimum Gasteiger partial charge on any atom is -0.464 e. The maximum absolute atomic E-state index is 14.7. The van der Waals surface area contributed by atoms with Crippen LogP contribution in [0.3, 0.4) is 0 Å². The summed E-state index contributed by atoms with van der Waals surface area (Å²) in [6, 6.07) is 2.09. The van der Waals surface area contributed by atoms with E-state index in [4.69, 9.17) is 21.1 Å². The number of nitrogens with zero attached hydrogens (tertiary/aromatic N) is 2. The zero-order valence-electron chi connectivity index (χ0n) is 18.2. The van der Waals surface area contributed by atoms with E-state index in [0.29, 0.717) is 19.6 Å². The normalized spacial score (nSPS) is 17.1. The van der Waals surface area contributed by atoms with Gasteiger partial charge in [0.05, 0.1) is 23.9 Å².